The van der Waals surface area contributed by atoms with Crippen LogP contribution in [0.25, 0.3) is 0 Å². The van der Waals surface area contributed by atoms with E-state index in [-0.39, 0.29) is 12.2 Å². The summed E-state index contributed by atoms with van der Waals surface area (Å²) < 4.78 is 5.70. The van der Waals surface area contributed by atoms with E-state index in [0.717, 1.165) is 12.8 Å². The van der Waals surface area contributed by atoms with Crippen LogP contribution in [-0.2, 0) is 9.53 Å². The maximum absolute atomic E-state index is 11.8. The lowest BCUT2D eigenvalue weighted by atomic mass is 9.83. The van der Waals surface area contributed by atoms with Gasteiger partial charge in [-0.2, -0.15) is 0 Å². The highest BCUT2D eigenvalue weighted by Crippen LogP contribution is 2.31. The molecule has 2 fully saturated rings. The molecule has 1 saturated heterocycles. The number of carbonyl (C=O) groups is 1. The van der Waals surface area contributed by atoms with Crippen molar-refractivity contribution in [2.75, 3.05) is 0 Å². The summed E-state index contributed by atoms with van der Waals surface area (Å²) in [4.78, 5) is 11.8. The second-order valence-corrected chi connectivity index (χ2v) is 6.39. The van der Waals surface area contributed by atoms with Crippen LogP contribution in [0.4, 0.5) is 0 Å². The lowest BCUT2D eigenvalue weighted by molar-refractivity contribution is -0.156. The number of nitrogens with one attached hydrogen (secondary N) is 1. The Labute approximate surface area is 115 Å². The van der Waals surface area contributed by atoms with E-state index in [1.807, 2.05) is 13.8 Å². The van der Waals surface area contributed by atoms with E-state index in [1.54, 1.807) is 0 Å². The molecule has 2 N–H and O–H groups in total. The molecule has 0 amide bonds. The Morgan fingerprint density at radius 2 is 1.63 bits per heavy atom. The molecule has 2 atom stereocenters. The molecular weight excluding hydrogens is 242 g/mol. The van der Waals surface area contributed by atoms with Gasteiger partial charge in [0.2, 0.25) is 0 Å². The molecule has 0 aromatic carbocycles. The molecule has 2 rings (SSSR count). The van der Waals surface area contributed by atoms with Gasteiger partial charge in [0, 0.05) is 18.9 Å². The number of hydrogen-bond acceptors (Lipinski definition) is 3. The van der Waals surface area contributed by atoms with Crippen LogP contribution in [-0.4, -0.2) is 34.9 Å². The van der Waals surface area contributed by atoms with Crippen LogP contribution in [0.5, 0.6) is 0 Å². The van der Waals surface area contributed by atoms with Crippen LogP contribution in [0, 0.1) is 0 Å². The predicted octanol–water partition coefficient (Wildman–Crippen LogP) is 2.71. The van der Waals surface area contributed by atoms with E-state index < -0.39 is 11.5 Å². The first-order valence-corrected chi connectivity index (χ1v) is 7.68. The molecule has 1 heterocycles. The first-order chi connectivity index (χ1) is 9.02. The van der Waals surface area contributed by atoms with Gasteiger partial charge >= 0.3 is 5.97 Å². The van der Waals surface area contributed by atoms with E-state index in [2.05, 4.69) is 5.32 Å². The molecule has 1 saturated carbocycles. The van der Waals surface area contributed by atoms with E-state index in [0.29, 0.717) is 18.9 Å². The monoisotopic (exact) mass is 269 g/mol. The summed E-state index contributed by atoms with van der Waals surface area (Å²) in [5.41, 5.74) is -0.786. The number of carboxylic acid groups (broad SMARTS) is 1. The second kappa shape index (κ2) is 6.23. The highest BCUT2D eigenvalue weighted by atomic mass is 16.5. The average molecular weight is 269 g/mol. The zero-order valence-corrected chi connectivity index (χ0v) is 12.2. The van der Waals surface area contributed by atoms with Crippen molar-refractivity contribution in [2.45, 2.75) is 89.0 Å². The first kappa shape index (κ1) is 14.8. The number of hydrogen-bond donors (Lipinski definition) is 2. The third-order valence-corrected chi connectivity index (χ3v) is 4.48. The molecular formula is C15H27NO3. The van der Waals surface area contributed by atoms with Gasteiger partial charge in [0.1, 0.15) is 5.54 Å². The molecule has 4 nitrogen and oxygen atoms in total. The van der Waals surface area contributed by atoms with Crippen LogP contribution >= 0.6 is 0 Å². The number of aliphatic carboxylic acids is 1. The zero-order valence-electron chi connectivity index (χ0n) is 12.2. The molecule has 0 aromatic rings. The Balaban J connectivity index is 2.07. The van der Waals surface area contributed by atoms with Crippen LogP contribution in [0.1, 0.15) is 65.2 Å². The minimum atomic E-state index is -0.786. The SMILES string of the molecule is CC1CC(NC2CCCCCC2)(C(=O)O)CC(C)O1. The smallest absolute Gasteiger partial charge is 0.324 e. The standard InChI is InChI=1S/C15H27NO3/c1-11-9-15(14(17)18,10-12(2)19-11)16-13-7-5-3-4-6-8-13/h11-13,16H,3-10H2,1-2H3,(H,17,18). The molecule has 4 heteroatoms. The summed E-state index contributed by atoms with van der Waals surface area (Å²) in [5, 5.41) is 13.2. The number of rotatable bonds is 3. The van der Waals surface area contributed by atoms with Crippen molar-refractivity contribution in [1.29, 1.82) is 0 Å². The van der Waals surface area contributed by atoms with Crippen molar-refractivity contribution in [2.24, 2.45) is 0 Å². The van der Waals surface area contributed by atoms with E-state index in [4.69, 9.17) is 4.74 Å². The van der Waals surface area contributed by atoms with Crippen LogP contribution in [0.15, 0.2) is 0 Å². The molecule has 0 spiro atoms. The van der Waals surface area contributed by atoms with E-state index >= 15 is 0 Å². The second-order valence-electron chi connectivity index (χ2n) is 6.39. The summed E-state index contributed by atoms with van der Waals surface area (Å²) in [5.74, 6) is -0.709. The van der Waals surface area contributed by atoms with Crippen LogP contribution in [0.2, 0.25) is 0 Å². The van der Waals surface area contributed by atoms with Gasteiger partial charge in [-0.1, -0.05) is 25.7 Å². The fourth-order valence-electron chi connectivity index (χ4n) is 3.73. The Bertz CT molecular complexity index is 301. The van der Waals surface area contributed by atoms with Crippen molar-refractivity contribution < 1.29 is 14.6 Å². The van der Waals surface area contributed by atoms with Gasteiger partial charge in [-0.05, 0) is 26.7 Å². The average Bonchev–Trinajstić information content (AvgIpc) is 2.56. The summed E-state index contributed by atoms with van der Waals surface area (Å²) in [6, 6.07) is 0.357. The quantitative estimate of drug-likeness (QED) is 0.773. The van der Waals surface area contributed by atoms with Crippen molar-refractivity contribution >= 4 is 5.97 Å². The minimum absolute atomic E-state index is 0.0122. The van der Waals surface area contributed by atoms with Gasteiger partial charge in [-0.15, -0.1) is 0 Å². The number of ether oxygens (including phenoxy) is 1. The first-order valence-electron chi connectivity index (χ1n) is 7.68. The Morgan fingerprint density at radius 3 is 2.11 bits per heavy atom. The third-order valence-electron chi connectivity index (χ3n) is 4.48. The van der Waals surface area contributed by atoms with Crippen molar-refractivity contribution in [3.63, 3.8) is 0 Å². The van der Waals surface area contributed by atoms with Gasteiger partial charge in [-0.25, -0.2) is 0 Å². The lowest BCUT2D eigenvalue weighted by Crippen LogP contribution is -2.61. The van der Waals surface area contributed by atoms with Gasteiger partial charge in [-0.3, -0.25) is 10.1 Å². The maximum atomic E-state index is 11.8. The maximum Gasteiger partial charge on any atom is 0.324 e. The topological polar surface area (TPSA) is 58.6 Å². The van der Waals surface area contributed by atoms with Crippen molar-refractivity contribution in [1.82, 2.24) is 5.32 Å². The largest absolute Gasteiger partial charge is 0.480 e. The normalized spacial score (nSPS) is 37.8. The zero-order chi connectivity index (χ0) is 13.9. The molecule has 110 valence electrons. The Morgan fingerprint density at radius 1 is 1.11 bits per heavy atom. The molecule has 2 unspecified atom stereocenters. The Hall–Kier alpha value is -0.610. The molecule has 1 aliphatic carbocycles. The predicted molar refractivity (Wildman–Crippen MR) is 74.2 cm³/mol. The van der Waals surface area contributed by atoms with E-state index in [9.17, 15) is 9.90 Å². The molecule has 2 aliphatic rings. The third kappa shape index (κ3) is 3.69. The van der Waals surface area contributed by atoms with Crippen molar-refractivity contribution in [3.8, 4) is 0 Å². The summed E-state index contributed by atoms with van der Waals surface area (Å²) in [6.07, 6.45) is 8.40. The fraction of sp³-hybridized carbons (Fsp3) is 0.933. The van der Waals surface area contributed by atoms with Crippen LogP contribution < -0.4 is 5.32 Å². The molecule has 0 aromatic heterocycles. The summed E-state index contributed by atoms with van der Waals surface area (Å²) >= 11 is 0. The highest BCUT2D eigenvalue weighted by molar-refractivity contribution is 5.79. The number of carboxylic acids is 1. The van der Waals surface area contributed by atoms with Crippen molar-refractivity contribution in [3.05, 3.63) is 0 Å². The molecule has 0 bridgehead atoms. The fourth-order valence-corrected chi connectivity index (χ4v) is 3.73. The molecule has 0 radical (unpaired) electrons. The summed E-state index contributed by atoms with van der Waals surface area (Å²) in [6.45, 7) is 3.95. The van der Waals surface area contributed by atoms with Crippen LogP contribution in [0.3, 0.4) is 0 Å². The summed E-state index contributed by atoms with van der Waals surface area (Å²) in [7, 11) is 0. The minimum Gasteiger partial charge on any atom is -0.480 e. The highest BCUT2D eigenvalue weighted by Gasteiger charge is 2.45. The molecule has 19 heavy (non-hydrogen) atoms. The van der Waals surface area contributed by atoms with Gasteiger partial charge in [0.25, 0.3) is 0 Å². The molecule has 1 aliphatic heterocycles. The van der Waals surface area contributed by atoms with E-state index in [1.165, 1.54) is 25.7 Å². The lowest BCUT2D eigenvalue weighted by Gasteiger charge is -2.42. The Kier molecular flexibility index (Phi) is 4.85. The van der Waals surface area contributed by atoms with Gasteiger partial charge in [0.05, 0.1) is 12.2 Å². The van der Waals surface area contributed by atoms with Gasteiger partial charge < -0.3 is 9.84 Å². The van der Waals surface area contributed by atoms with Gasteiger partial charge in [0.15, 0.2) is 0 Å².